The summed E-state index contributed by atoms with van der Waals surface area (Å²) in [5, 5.41) is 3.44. The minimum Gasteiger partial charge on any atom is -0.497 e. The van der Waals surface area contributed by atoms with E-state index in [1.165, 1.54) is 18.4 Å². The fraction of sp³-hybridized carbons (Fsp3) is 0.571. The summed E-state index contributed by atoms with van der Waals surface area (Å²) in [7, 11) is 3.76. The number of nitrogens with one attached hydrogen (secondary N) is 1. The Morgan fingerprint density at radius 1 is 1.38 bits per heavy atom. The van der Waals surface area contributed by atoms with Gasteiger partial charge in [-0.1, -0.05) is 19.1 Å². The van der Waals surface area contributed by atoms with E-state index in [4.69, 9.17) is 4.74 Å². The Morgan fingerprint density at radius 3 is 2.69 bits per heavy atom. The summed E-state index contributed by atoms with van der Waals surface area (Å²) in [6.45, 7) is 2.35. The molecule has 0 amide bonds. The average molecular weight is 219 g/mol. The van der Waals surface area contributed by atoms with E-state index in [2.05, 4.69) is 30.4 Å². The molecular weight excluding hydrogens is 198 g/mol. The van der Waals surface area contributed by atoms with E-state index in [9.17, 15) is 0 Å². The fourth-order valence-electron chi connectivity index (χ4n) is 2.46. The van der Waals surface area contributed by atoms with Crippen molar-refractivity contribution in [3.05, 3.63) is 29.8 Å². The van der Waals surface area contributed by atoms with Crippen LogP contribution in [-0.2, 0) is 0 Å². The molecule has 88 valence electrons. The molecule has 2 heteroatoms. The highest BCUT2D eigenvalue weighted by atomic mass is 16.5. The molecule has 2 atom stereocenters. The van der Waals surface area contributed by atoms with Crippen molar-refractivity contribution in [2.75, 3.05) is 14.2 Å². The maximum atomic E-state index is 5.28. The molecule has 0 saturated heterocycles. The zero-order chi connectivity index (χ0) is 11.5. The zero-order valence-corrected chi connectivity index (χ0v) is 10.4. The number of methoxy groups -OCH3 is 1. The average Bonchev–Trinajstić information content (AvgIpc) is 3.14. The number of hydrogen-bond donors (Lipinski definition) is 1. The molecule has 2 nitrogen and oxygen atoms in total. The van der Waals surface area contributed by atoms with Crippen molar-refractivity contribution < 1.29 is 4.74 Å². The van der Waals surface area contributed by atoms with Gasteiger partial charge in [-0.15, -0.1) is 0 Å². The maximum absolute atomic E-state index is 5.28. The van der Waals surface area contributed by atoms with Gasteiger partial charge in [0.2, 0.25) is 0 Å². The molecule has 16 heavy (non-hydrogen) atoms. The summed E-state index contributed by atoms with van der Waals surface area (Å²) in [5.74, 6) is 2.56. The molecule has 1 fully saturated rings. The highest BCUT2D eigenvalue weighted by Crippen LogP contribution is 2.42. The Kier molecular flexibility index (Phi) is 3.49. The molecule has 0 aliphatic heterocycles. The van der Waals surface area contributed by atoms with Gasteiger partial charge in [-0.25, -0.2) is 0 Å². The summed E-state index contributed by atoms with van der Waals surface area (Å²) in [6.07, 6.45) is 2.78. The maximum Gasteiger partial charge on any atom is 0.119 e. The van der Waals surface area contributed by atoms with Crippen LogP contribution in [0.5, 0.6) is 5.75 Å². The predicted molar refractivity (Wildman–Crippen MR) is 66.7 cm³/mol. The summed E-state index contributed by atoms with van der Waals surface area (Å²) in [4.78, 5) is 0. The molecule has 1 aromatic carbocycles. The van der Waals surface area contributed by atoms with Crippen LogP contribution >= 0.6 is 0 Å². The molecule has 0 aromatic heterocycles. The first kappa shape index (κ1) is 11.5. The lowest BCUT2D eigenvalue weighted by atomic mass is 9.91. The largest absolute Gasteiger partial charge is 0.497 e. The van der Waals surface area contributed by atoms with E-state index in [1.54, 1.807) is 7.11 Å². The minimum atomic E-state index is 0.447. The first-order valence-corrected chi connectivity index (χ1v) is 6.07. The van der Waals surface area contributed by atoms with Crippen LogP contribution < -0.4 is 10.1 Å². The van der Waals surface area contributed by atoms with E-state index < -0.39 is 0 Å². The first-order valence-electron chi connectivity index (χ1n) is 6.07. The van der Waals surface area contributed by atoms with Crippen LogP contribution in [0.4, 0.5) is 0 Å². The molecule has 0 spiro atoms. The topological polar surface area (TPSA) is 21.3 Å². The molecule has 1 aliphatic rings. The van der Waals surface area contributed by atoms with Crippen LogP contribution in [0.1, 0.15) is 31.4 Å². The molecule has 1 saturated carbocycles. The van der Waals surface area contributed by atoms with Crippen molar-refractivity contribution in [1.82, 2.24) is 5.32 Å². The van der Waals surface area contributed by atoms with Crippen LogP contribution in [0.15, 0.2) is 24.3 Å². The number of hydrogen-bond acceptors (Lipinski definition) is 2. The second-order valence-electron chi connectivity index (χ2n) is 4.74. The van der Waals surface area contributed by atoms with Gasteiger partial charge in [-0.3, -0.25) is 0 Å². The Labute approximate surface area is 98.0 Å². The van der Waals surface area contributed by atoms with Crippen molar-refractivity contribution in [3.8, 4) is 5.75 Å². The van der Waals surface area contributed by atoms with Gasteiger partial charge >= 0.3 is 0 Å². The first-order chi connectivity index (χ1) is 7.76. The van der Waals surface area contributed by atoms with Gasteiger partial charge in [0.1, 0.15) is 5.75 Å². The normalized spacial score (nSPS) is 19.2. The summed E-state index contributed by atoms with van der Waals surface area (Å²) in [5.41, 5.74) is 1.33. The molecule has 1 N–H and O–H groups in total. The minimum absolute atomic E-state index is 0.447. The van der Waals surface area contributed by atoms with Crippen molar-refractivity contribution in [2.45, 2.75) is 25.8 Å². The van der Waals surface area contributed by atoms with Crippen LogP contribution in [0.25, 0.3) is 0 Å². The van der Waals surface area contributed by atoms with Gasteiger partial charge in [-0.05, 0) is 49.4 Å². The molecule has 0 heterocycles. The van der Waals surface area contributed by atoms with Gasteiger partial charge in [0.05, 0.1) is 7.11 Å². The van der Waals surface area contributed by atoms with Crippen molar-refractivity contribution in [3.63, 3.8) is 0 Å². The Morgan fingerprint density at radius 2 is 2.12 bits per heavy atom. The fourth-order valence-corrected chi connectivity index (χ4v) is 2.46. The molecular formula is C14H21NO. The van der Waals surface area contributed by atoms with Gasteiger partial charge < -0.3 is 10.1 Å². The molecule has 0 bridgehead atoms. The SMILES string of the molecule is CNC(c1cccc(OC)c1)C(C)C1CC1. The van der Waals surface area contributed by atoms with E-state index in [0.29, 0.717) is 12.0 Å². The number of rotatable bonds is 5. The molecule has 2 unspecified atom stereocenters. The molecule has 1 aliphatic carbocycles. The second-order valence-corrected chi connectivity index (χ2v) is 4.74. The van der Waals surface area contributed by atoms with E-state index in [0.717, 1.165) is 11.7 Å². The predicted octanol–water partition coefficient (Wildman–Crippen LogP) is 3.00. The number of ether oxygens (including phenoxy) is 1. The third-order valence-electron chi connectivity index (χ3n) is 3.66. The van der Waals surface area contributed by atoms with Gasteiger partial charge in [0.15, 0.2) is 0 Å². The second kappa shape index (κ2) is 4.88. The Balaban J connectivity index is 2.17. The monoisotopic (exact) mass is 219 g/mol. The van der Waals surface area contributed by atoms with Gasteiger partial charge in [0, 0.05) is 6.04 Å². The van der Waals surface area contributed by atoms with Gasteiger partial charge in [0.25, 0.3) is 0 Å². The summed E-state index contributed by atoms with van der Waals surface area (Å²) >= 11 is 0. The van der Waals surface area contributed by atoms with Crippen LogP contribution in [0.3, 0.4) is 0 Å². The van der Waals surface area contributed by atoms with Crippen molar-refractivity contribution >= 4 is 0 Å². The lowest BCUT2D eigenvalue weighted by molar-refractivity contribution is 0.365. The Hall–Kier alpha value is -1.02. The summed E-state index contributed by atoms with van der Waals surface area (Å²) < 4.78 is 5.28. The van der Waals surface area contributed by atoms with E-state index in [1.807, 2.05) is 13.1 Å². The molecule has 0 radical (unpaired) electrons. The number of benzene rings is 1. The third kappa shape index (κ3) is 2.38. The lowest BCUT2D eigenvalue weighted by Crippen LogP contribution is -2.24. The smallest absolute Gasteiger partial charge is 0.119 e. The molecule has 2 rings (SSSR count). The zero-order valence-electron chi connectivity index (χ0n) is 10.4. The quantitative estimate of drug-likeness (QED) is 0.822. The Bertz CT molecular complexity index is 346. The molecule has 1 aromatic rings. The lowest BCUT2D eigenvalue weighted by Gasteiger charge is -2.24. The standard InChI is InChI=1S/C14H21NO/c1-10(11-7-8-11)14(15-2)12-5-4-6-13(9-12)16-3/h4-6,9-11,14-15H,7-8H2,1-3H3. The van der Waals surface area contributed by atoms with E-state index >= 15 is 0 Å². The van der Waals surface area contributed by atoms with E-state index in [-0.39, 0.29) is 0 Å². The van der Waals surface area contributed by atoms with Crippen molar-refractivity contribution in [2.24, 2.45) is 11.8 Å². The highest BCUT2D eigenvalue weighted by Gasteiger charge is 2.33. The highest BCUT2D eigenvalue weighted by molar-refractivity contribution is 5.31. The summed E-state index contributed by atoms with van der Waals surface area (Å²) in [6, 6.07) is 8.83. The van der Waals surface area contributed by atoms with Gasteiger partial charge in [-0.2, -0.15) is 0 Å². The van der Waals surface area contributed by atoms with Crippen LogP contribution in [0, 0.1) is 11.8 Å². The van der Waals surface area contributed by atoms with Crippen molar-refractivity contribution in [1.29, 1.82) is 0 Å². The van der Waals surface area contributed by atoms with Crippen LogP contribution in [0.2, 0.25) is 0 Å². The van der Waals surface area contributed by atoms with Crippen LogP contribution in [-0.4, -0.2) is 14.2 Å². The third-order valence-corrected chi connectivity index (χ3v) is 3.66.